The van der Waals surface area contributed by atoms with E-state index in [1.165, 1.54) is 16.8 Å². The number of aromatic carboxylic acids is 1. The summed E-state index contributed by atoms with van der Waals surface area (Å²) in [6.07, 6.45) is 1.44. The minimum absolute atomic E-state index is 0.0932. The van der Waals surface area contributed by atoms with Gasteiger partial charge in [0.15, 0.2) is 11.3 Å². The first kappa shape index (κ1) is 8.18. The maximum atomic E-state index is 10.7. The smallest absolute Gasteiger partial charge is 0.354 e. The Bertz CT molecular complexity index is 480. The van der Waals surface area contributed by atoms with Gasteiger partial charge in [-0.25, -0.2) is 14.3 Å². The highest BCUT2D eigenvalue weighted by Crippen LogP contribution is 2.11. The van der Waals surface area contributed by atoms with Crippen molar-refractivity contribution < 1.29 is 9.90 Å². The van der Waals surface area contributed by atoms with Gasteiger partial charge in [-0.2, -0.15) is 5.10 Å². The molecule has 0 amide bonds. The van der Waals surface area contributed by atoms with E-state index in [-0.39, 0.29) is 5.69 Å². The Hall–Kier alpha value is -1.43. The number of nitrogens with zero attached hydrogens (tertiary/aromatic N) is 3. The summed E-state index contributed by atoms with van der Waals surface area (Å²) in [4.78, 5) is 14.7. The van der Waals surface area contributed by atoms with Gasteiger partial charge >= 0.3 is 5.97 Å². The molecule has 0 aromatic carbocycles. The third kappa shape index (κ3) is 1.29. The van der Waals surface area contributed by atoms with Crippen molar-refractivity contribution in [1.82, 2.24) is 14.6 Å². The number of aromatic nitrogens is 3. The van der Waals surface area contributed by atoms with Crippen LogP contribution in [0.1, 0.15) is 10.5 Å². The van der Waals surface area contributed by atoms with Gasteiger partial charge in [0.2, 0.25) is 0 Å². The topological polar surface area (TPSA) is 67.5 Å². The number of hydrogen-bond donors (Lipinski definition) is 1. The lowest BCUT2D eigenvalue weighted by atomic mass is 10.4. The fourth-order valence-corrected chi connectivity index (χ4v) is 1.39. The number of fused-ring (bicyclic) bond motifs is 1. The zero-order chi connectivity index (χ0) is 9.42. The Balaban J connectivity index is 2.82. The number of hydrogen-bond acceptors (Lipinski definition) is 3. The summed E-state index contributed by atoms with van der Waals surface area (Å²) < 4.78 is 1.83. The molecule has 2 heterocycles. The van der Waals surface area contributed by atoms with Crippen molar-refractivity contribution in [2.75, 3.05) is 0 Å². The van der Waals surface area contributed by atoms with Crippen LogP contribution < -0.4 is 0 Å². The van der Waals surface area contributed by atoms with Crippen molar-refractivity contribution in [2.24, 2.45) is 0 Å². The normalized spacial score (nSPS) is 10.5. The van der Waals surface area contributed by atoms with Crippen LogP contribution in [0, 0.1) is 0 Å². The second kappa shape index (κ2) is 2.81. The van der Waals surface area contributed by atoms with Gasteiger partial charge in [0.1, 0.15) is 4.60 Å². The fraction of sp³-hybridized carbons (Fsp3) is 0. The van der Waals surface area contributed by atoms with Crippen LogP contribution in [-0.4, -0.2) is 25.7 Å². The van der Waals surface area contributed by atoms with E-state index in [4.69, 9.17) is 5.11 Å². The summed E-state index contributed by atoms with van der Waals surface area (Å²) in [5, 5.41) is 12.7. The fourth-order valence-electron chi connectivity index (χ4n) is 1.03. The van der Waals surface area contributed by atoms with Crippen molar-refractivity contribution in [3.8, 4) is 0 Å². The highest BCUT2D eigenvalue weighted by atomic mass is 79.9. The first-order valence-electron chi connectivity index (χ1n) is 3.42. The molecule has 0 aliphatic carbocycles. The quantitative estimate of drug-likeness (QED) is 0.815. The molecule has 0 aliphatic heterocycles. The van der Waals surface area contributed by atoms with Crippen molar-refractivity contribution in [2.45, 2.75) is 0 Å². The number of rotatable bonds is 1. The summed E-state index contributed by atoms with van der Waals surface area (Å²) >= 11 is 3.14. The summed E-state index contributed by atoms with van der Waals surface area (Å²) in [5.74, 6) is -1.03. The molecule has 0 spiro atoms. The molecule has 0 saturated carbocycles. The minimum atomic E-state index is -1.03. The maximum absolute atomic E-state index is 10.7. The zero-order valence-electron chi connectivity index (χ0n) is 6.31. The standard InChI is InChI=1S/C7H4BrN3O2/c8-5-3-6-9-2-1-4(7(12)13)11(6)10-5/h1-3H,(H,12,13). The summed E-state index contributed by atoms with van der Waals surface area (Å²) in [6, 6.07) is 3.04. The summed E-state index contributed by atoms with van der Waals surface area (Å²) in [7, 11) is 0. The number of halogens is 1. The molecule has 0 unspecified atom stereocenters. The van der Waals surface area contributed by atoms with Crippen LogP contribution >= 0.6 is 15.9 Å². The molecule has 6 heteroatoms. The minimum Gasteiger partial charge on any atom is -0.477 e. The van der Waals surface area contributed by atoms with Gasteiger partial charge in [-0.05, 0) is 22.0 Å². The van der Waals surface area contributed by atoms with Crippen LogP contribution in [0.2, 0.25) is 0 Å². The highest BCUT2D eigenvalue weighted by Gasteiger charge is 2.09. The molecule has 0 fully saturated rings. The second-order valence-electron chi connectivity index (χ2n) is 2.37. The van der Waals surface area contributed by atoms with Crippen LogP contribution in [0.3, 0.4) is 0 Å². The van der Waals surface area contributed by atoms with Crippen molar-refractivity contribution >= 4 is 27.5 Å². The highest BCUT2D eigenvalue weighted by molar-refractivity contribution is 9.10. The second-order valence-corrected chi connectivity index (χ2v) is 3.18. The van der Waals surface area contributed by atoms with Gasteiger partial charge in [-0.3, -0.25) is 0 Å². The summed E-state index contributed by atoms with van der Waals surface area (Å²) in [5.41, 5.74) is 0.600. The van der Waals surface area contributed by atoms with Crippen LogP contribution in [0.15, 0.2) is 22.9 Å². The van der Waals surface area contributed by atoms with E-state index in [1.807, 2.05) is 0 Å². The Morgan fingerprint density at radius 1 is 1.62 bits per heavy atom. The average Bonchev–Trinajstić information content (AvgIpc) is 2.43. The molecule has 13 heavy (non-hydrogen) atoms. The molecule has 2 aromatic rings. The van der Waals surface area contributed by atoms with Crippen LogP contribution in [0.25, 0.3) is 5.65 Å². The Kier molecular flexibility index (Phi) is 1.77. The molecule has 0 radical (unpaired) electrons. The predicted molar refractivity (Wildman–Crippen MR) is 47.6 cm³/mol. The van der Waals surface area contributed by atoms with E-state index in [0.717, 1.165) is 0 Å². The Labute approximate surface area is 81.1 Å². The monoisotopic (exact) mass is 241 g/mol. The van der Waals surface area contributed by atoms with Crippen LogP contribution in [-0.2, 0) is 0 Å². The molecule has 5 nitrogen and oxygen atoms in total. The molecule has 0 atom stereocenters. The molecular weight excluding hydrogens is 238 g/mol. The van der Waals surface area contributed by atoms with Gasteiger partial charge in [-0.15, -0.1) is 0 Å². The van der Waals surface area contributed by atoms with E-state index >= 15 is 0 Å². The molecule has 0 aliphatic rings. The molecular formula is C7H4BrN3O2. The zero-order valence-corrected chi connectivity index (χ0v) is 7.89. The molecule has 2 aromatic heterocycles. The van der Waals surface area contributed by atoms with Crippen molar-refractivity contribution in [3.05, 3.63) is 28.6 Å². The third-order valence-electron chi connectivity index (χ3n) is 1.55. The van der Waals surface area contributed by atoms with E-state index in [2.05, 4.69) is 26.0 Å². The lowest BCUT2D eigenvalue weighted by Gasteiger charge is -1.96. The number of carbonyl (C=O) groups is 1. The predicted octanol–water partition coefficient (Wildman–Crippen LogP) is 1.19. The molecule has 66 valence electrons. The van der Waals surface area contributed by atoms with Crippen molar-refractivity contribution in [3.63, 3.8) is 0 Å². The largest absolute Gasteiger partial charge is 0.477 e. The lowest BCUT2D eigenvalue weighted by molar-refractivity contribution is 0.0687. The van der Waals surface area contributed by atoms with Gasteiger partial charge in [0, 0.05) is 12.3 Å². The van der Waals surface area contributed by atoms with Gasteiger partial charge in [0.25, 0.3) is 0 Å². The van der Waals surface area contributed by atoms with Gasteiger partial charge in [-0.1, -0.05) is 0 Å². The number of carboxylic acids is 1. The van der Waals surface area contributed by atoms with Crippen LogP contribution in [0.4, 0.5) is 0 Å². The van der Waals surface area contributed by atoms with E-state index < -0.39 is 5.97 Å². The molecule has 1 N–H and O–H groups in total. The SMILES string of the molecule is O=C(O)c1ccnc2cc(Br)nn12. The van der Waals surface area contributed by atoms with Crippen LogP contribution in [0.5, 0.6) is 0 Å². The average molecular weight is 242 g/mol. The van der Waals surface area contributed by atoms with Gasteiger partial charge < -0.3 is 5.11 Å². The van der Waals surface area contributed by atoms with Gasteiger partial charge in [0.05, 0.1) is 0 Å². The molecule has 0 bridgehead atoms. The number of carboxylic acid groups (broad SMARTS) is 1. The Morgan fingerprint density at radius 3 is 3.08 bits per heavy atom. The molecule has 2 rings (SSSR count). The maximum Gasteiger partial charge on any atom is 0.354 e. The Morgan fingerprint density at radius 2 is 2.38 bits per heavy atom. The molecule has 0 saturated heterocycles. The van der Waals surface area contributed by atoms with E-state index in [1.54, 1.807) is 6.07 Å². The third-order valence-corrected chi connectivity index (χ3v) is 1.93. The first-order chi connectivity index (χ1) is 6.18. The summed E-state index contributed by atoms with van der Waals surface area (Å²) in [6.45, 7) is 0. The first-order valence-corrected chi connectivity index (χ1v) is 4.21. The van der Waals surface area contributed by atoms with E-state index in [9.17, 15) is 4.79 Å². The lowest BCUT2D eigenvalue weighted by Crippen LogP contribution is -2.06. The van der Waals surface area contributed by atoms with Crippen molar-refractivity contribution in [1.29, 1.82) is 0 Å². The van der Waals surface area contributed by atoms with E-state index in [0.29, 0.717) is 10.3 Å².